The van der Waals surface area contributed by atoms with E-state index in [0.717, 1.165) is 12.1 Å². The molecule has 25 heavy (non-hydrogen) atoms. The number of rotatable bonds is 5. The van der Waals surface area contributed by atoms with E-state index in [1.807, 2.05) is 0 Å². The first-order valence-corrected chi connectivity index (χ1v) is 9.38. The maximum Gasteiger partial charge on any atom is 0.345 e. The Morgan fingerprint density at radius 2 is 2.12 bits per heavy atom. The highest BCUT2D eigenvalue weighted by Gasteiger charge is 2.33. The Kier molecular flexibility index (Phi) is 5.63. The van der Waals surface area contributed by atoms with Gasteiger partial charge in [0.15, 0.2) is 16.4 Å². The third-order valence-electron chi connectivity index (χ3n) is 3.85. The predicted octanol–water partition coefficient (Wildman–Crippen LogP) is 1.05. The number of carbonyl (C=O) groups excluding carboxylic acids is 2. The molecule has 11 heteroatoms. The standard InChI is InChI=1S/C14H15ClN2O7S/c1-16(10-4-5-25(22,23)8-10)13(18)7-24-14(19)11-3-2-9(15)6-12(11)17(20)21/h2-3,6,10H,4-5,7-8H2,1H3/t10-/m0/s1. The summed E-state index contributed by atoms with van der Waals surface area (Å²) in [6.07, 6.45) is 0.321. The minimum Gasteiger partial charge on any atom is -0.452 e. The van der Waals surface area contributed by atoms with Crippen LogP contribution in [0.25, 0.3) is 0 Å². The van der Waals surface area contributed by atoms with Crippen LogP contribution >= 0.6 is 11.6 Å². The van der Waals surface area contributed by atoms with Crippen LogP contribution in [-0.2, 0) is 19.4 Å². The van der Waals surface area contributed by atoms with Crippen molar-refractivity contribution >= 4 is 39.0 Å². The van der Waals surface area contributed by atoms with Gasteiger partial charge < -0.3 is 9.64 Å². The van der Waals surface area contributed by atoms with E-state index in [4.69, 9.17) is 16.3 Å². The van der Waals surface area contributed by atoms with Gasteiger partial charge in [0.25, 0.3) is 11.6 Å². The fourth-order valence-corrected chi connectivity index (χ4v) is 4.36. The molecular formula is C14H15ClN2O7S. The monoisotopic (exact) mass is 390 g/mol. The Morgan fingerprint density at radius 1 is 1.44 bits per heavy atom. The highest BCUT2D eigenvalue weighted by Crippen LogP contribution is 2.24. The van der Waals surface area contributed by atoms with E-state index in [9.17, 15) is 28.1 Å². The van der Waals surface area contributed by atoms with Gasteiger partial charge in [0.1, 0.15) is 5.56 Å². The van der Waals surface area contributed by atoms with Gasteiger partial charge in [0.2, 0.25) is 0 Å². The fraction of sp³-hybridized carbons (Fsp3) is 0.429. The van der Waals surface area contributed by atoms with Crippen molar-refractivity contribution in [3.8, 4) is 0 Å². The Hall–Kier alpha value is -2.20. The lowest BCUT2D eigenvalue weighted by molar-refractivity contribution is -0.385. The molecule has 136 valence electrons. The first-order valence-electron chi connectivity index (χ1n) is 7.18. The zero-order valence-electron chi connectivity index (χ0n) is 13.2. The minimum absolute atomic E-state index is 0.00600. The van der Waals surface area contributed by atoms with Gasteiger partial charge in [-0.15, -0.1) is 0 Å². The van der Waals surface area contributed by atoms with E-state index in [1.54, 1.807) is 0 Å². The second-order valence-electron chi connectivity index (χ2n) is 5.56. The molecule has 0 unspecified atom stereocenters. The maximum atomic E-state index is 12.0. The van der Waals surface area contributed by atoms with Crippen molar-refractivity contribution in [2.75, 3.05) is 25.2 Å². The highest BCUT2D eigenvalue weighted by atomic mass is 35.5. The number of likely N-dealkylation sites (N-methyl/N-ethyl adjacent to an activating group) is 1. The number of nitrogens with zero attached hydrogens (tertiary/aromatic N) is 2. The topological polar surface area (TPSA) is 124 Å². The van der Waals surface area contributed by atoms with Crippen molar-refractivity contribution in [2.45, 2.75) is 12.5 Å². The van der Waals surface area contributed by atoms with Crippen LogP contribution in [-0.4, -0.2) is 61.3 Å². The Morgan fingerprint density at radius 3 is 2.68 bits per heavy atom. The van der Waals surface area contributed by atoms with Crippen LogP contribution in [0.4, 0.5) is 5.69 Å². The quantitative estimate of drug-likeness (QED) is 0.418. The normalized spacial score (nSPS) is 18.6. The number of ether oxygens (including phenoxy) is 1. The van der Waals surface area contributed by atoms with Gasteiger partial charge in [-0.05, 0) is 18.6 Å². The third-order valence-corrected chi connectivity index (χ3v) is 5.84. The Bertz CT molecular complexity index is 824. The zero-order valence-corrected chi connectivity index (χ0v) is 14.7. The highest BCUT2D eigenvalue weighted by molar-refractivity contribution is 7.91. The summed E-state index contributed by atoms with van der Waals surface area (Å²) < 4.78 is 27.7. The molecule has 1 fully saturated rings. The van der Waals surface area contributed by atoms with E-state index in [0.29, 0.717) is 6.42 Å². The third kappa shape index (κ3) is 4.67. The number of carbonyl (C=O) groups is 2. The molecule has 0 bridgehead atoms. The molecule has 2 rings (SSSR count). The number of hydrogen-bond acceptors (Lipinski definition) is 7. The predicted molar refractivity (Wildman–Crippen MR) is 88.2 cm³/mol. The molecule has 1 saturated heterocycles. The minimum atomic E-state index is -3.16. The van der Waals surface area contributed by atoms with Crippen molar-refractivity contribution in [3.63, 3.8) is 0 Å². The summed E-state index contributed by atoms with van der Waals surface area (Å²) in [5.41, 5.74) is -0.853. The lowest BCUT2D eigenvalue weighted by Crippen LogP contribution is -2.40. The molecule has 0 aliphatic carbocycles. The number of benzene rings is 1. The van der Waals surface area contributed by atoms with Crippen LogP contribution in [0.3, 0.4) is 0 Å². The van der Waals surface area contributed by atoms with Gasteiger partial charge >= 0.3 is 5.97 Å². The first-order chi connectivity index (χ1) is 11.6. The molecule has 1 atom stereocenters. The van der Waals surface area contributed by atoms with E-state index >= 15 is 0 Å². The van der Waals surface area contributed by atoms with Gasteiger partial charge in [-0.1, -0.05) is 11.6 Å². The maximum absolute atomic E-state index is 12.0. The summed E-state index contributed by atoms with van der Waals surface area (Å²) in [5.74, 6) is -1.76. The average molecular weight is 391 g/mol. The number of nitro groups is 1. The number of amides is 1. The number of nitro benzene ring substituents is 1. The molecule has 0 N–H and O–H groups in total. The van der Waals surface area contributed by atoms with Crippen molar-refractivity contribution in [1.82, 2.24) is 4.90 Å². The molecule has 0 aromatic heterocycles. The van der Waals surface area contributed by atoms with Gasteiger partial charge in [0, 0.05) is 24.2 Å². The van der Waals surface area contributed by atoms with Gasteiger partial charge in [-0.25, -0.2) is 13.2 Å². The van der Waals surface area contributed by atoms with Gasteiger partial charge in [-0.2, -0.15) is 0 Å². The molecule has 1 aromatic rings. The molecule has 1 aliphatic heterocycles. The molecule has 1 aliphatic rings. The lowest BCUT2D eigenvalue weighted by Gasteiger charge is -2.23. The van der Waals surface area contributed by atoms with Crippen LogP contribution in [0.1, 0.15) is 16.8 Å². The van der Waals surface area contributed by atoms with Crippen molar-refractivity contribution in [1.29, 1.82) is 0 Å². The second kappa shape index (κ2) is 7.36. The Labute approximate surface area is 148 Å². The average Bonchev–Trinajstić information content (AvgIpc) is 2.91. The summed E-state index contributed by atoms with van der Waals surface area (Å²) in [7, 11) is -1.73. The summed E-state index contributed by atoms with van der Waals surface area (Å²) in [5, 5.41) is 11.1. The molecule has 0 radical (unpaired) electrons. The molecule has 0 saturated carbocycles. The number of esters is 1. The summed E-state index contributed by atoms with van der Waals surface area (Å²) >= 11 is 5.66. The van der Waals surface area contributed by atoms with E-state index in [1.165, 1.54) is 18.0 Å². The zero-order chi connectivity index (χ0) is 18.8. The first kappa shape index (κ1) is 19.1. The molecular weight excluding hydrogens is 376 g/mol. The van der Waals surface area contributed by atoms with Crippen molar-refractivity contribution in [3.05, 3.63) is 38.9 Å². The molecule has 1 aromatic carbocycles. The molecule has 9 nitrogen and oxygen atoms in total. The second-order valence-corrected chi connectivity index (χ2v) is 8.22. The number of halogens is 1. The van der Waals surface area contributed by atoms with Crippen LogP contribution in [0, 0.1) is 10.1 Å². The smallest absolute Gasteiger partial charge is 0.345 e. The summed E-state index contributed by atoms with van der Waals surface area (Å²) in [6, 6.07) is 2.97. The fourth-order valence-electron chi connectivity index (χ4n) is 2.42. The Balaban J connectivity index is 2.00. The van der Waals surface area contributed by atoms with Gasteiger partial charge in [0.05, 0.1) is 16.4 Å². The largest absolute Gasteiger partial charge is 0.452 e. The van der Waals surface area contributed by atoms with Crippen LogP contribution in [0.5, 0.6) is 0 Å². The summed E-state index contributed by atoms with van der Waals surface area (Å²) in [6.45, 7) is -0.647. The van der Waals surface area contributed by atoms with Crippen molar-refractivity contribution in [2.24, 2.45) is 0 Å². The van der Waals surface area contributed by atoms with Crippen LogP contribution < -0.4 is 0 Å². The molecule has 1 heterocycles. The van der Waals surface area contributed by atoms with E-state index in [2.05, 4.69) is 0 Å². The van der Waals surface area contributed by atoms with E-state index in [-0.39, 0.29) is 22.1 Å². The number of sulfone groups is 1. The SMILES string of the molecule is CN(C(=O)COC(=O)c1ccc(Cl)cc1[N+](=O)[O-])[C@H]1CCS(=O)(=O)C1. The van der Waals surface area contributed by atoms with E-state index < -0.39 is 45.0 Å². The van der Waals surface area contributed by atoms with Crippen LogP contribution in [0.2, 0.25) is 5.02 Å². The molecule has 1 amide bonds. The molecule has 0 spiro atoms. The number of hydrogen-bond donors (Lipinski definition) is 0. The van der Waals surface area contributed by atoms with Gasteiger partial charge in [-0.3, -0.25) is 14.9 Å². The lowest BCUT2D eigenvalue weighted by atomic mass is 10.2. The van der Waals surface area contributed by atoms with Crippen LogP contribution in [0.15, 0.2) is 18.2 Å². The van der Waals surface area contributed by atoms with Crippen molar-refractivity contribution < 1.29 is 27.7 Å². The summed E-state index contributed by atoms with van der Waals surface area (Å²) in [4.78, 5) is 35.5.